The van der Waals surface area contributed by atoms with Crippen molar-refractivity contribution in [3.8, 4) is 22.2 Å². The number of thiazole rings is 1. The van der Waals surface area contributed by atoms with Crippen LogP contribution >= 0.6 is 34.3 Å². The highest BCUT2D eigenvalue weighted by Crippen LogP contribution is 2.37. The van der Waals surface area contributed by atoms with Crippen LogP contribution in [-0.2, 0) is 11.3 Å². The molecule has 10 nitrogen and oxygen atoms in total. The third-order valence-electron chi connectivity index (χ3n) is 6.76. The monoisotopic (exact) mass is 574 g/mol. The average Bonchev–Trinajstić information content (AvgIpc) is 3.65. The molecule has 2 unspecified atom stereocenters. The maximum absolute atomic E-state index is 12.7. The van der Waals surface area contributed by atoms with Crippen molar-refractivity contribution in [1.29, 1.82) is 0 Å². The van der Waals surface area contributed by atoms with Crippen LogP contribution in [0.4, 0.5) is 0 Å². The molecule has 13 heteroatoms. The molecule has 0 aliphatic carbocycles. The molecular formula is C25H27ClN6O4S2. The molecule has 0 saturated carbocycles. The molecule has 38 heavy (non-hydrogen) atoms. The van der Waals surface area contributed by atoms with Crippen LogP contribution in [0.15, 0.2) is 28.1 Å². The van der Waals surface area contributed by atoms with Crippen LogP contribution < -0.4 is 5.73 Å². The average molecular weight is 575 g/mol. The van der Waals surface area contributed by atoms with E-state index in [0.717, 1.165) is 9.88 Å². The third kappa shape index (κ3) is 5.13. The van der Waals surface area contributed by atoms with Gasteiger partial charge in [-0.15, -0.1) is 22.7 Å². The number of halogens is 1. The number of carboxylic acid groups (broad SMARTS) is 1. The van der Waals surface area contributed by atoms with Crippen LogP contribution in [-0.4, -0.2) is 60.2 Å². The number of likely N-dealkylation sites (tertiary alicyclic amines) is 1. The molecule has 0 bridgehead atoms. The van der Waals surface area contributed by atoms with Crippen molar-refractivity contribution in [3.63, 3.8) is 0 Å². The van der Waals surface area contributed by atoms with Crippen molar-refractivity contribution < 1.29 is 19.2 Å². The summed E-state index contributed by atoms with van der Waals surface area (Å²) in [5, 5.41) is 17.3. The van der Waals surface area contributed by atoms with Crippen LogP contribution in [0.5, 0.6) is 0 Å². The number of aryl methyl sites for hydroxylation is 1. The van der Waals surface area contributed by atoms with E-state index in [1.54, 1.807) is 16.7 Å². The maximum Gasteiger partial charge on any atom is 0.354 e. The molecule has 200 valence electrons. The highest BCUT2D eigenvalue weighted by molar-refractivity contribution is 7.19. The minimum Gasteiger partial charge on any atom is -0.477 e. The Balaban J connectivity index is 1.57. The van der Waals surface area contributed by atoms with Gasteiger partial charge in [0.1, 0.15) is 11.4 Å². The molecule has 0 spiro atoms. The molecule has 1 aliphatic heterocycles. The Hall–Kier alpha value is -3.06. The standard InChI is InChI=1S/C25H27ClN6O4S2/c1-12(2)31-7-6-14(8-17(31)23(27)33)21-22(25(34)35)32(24(29-21)16-11-37-13(3)28-16)10-15-9-18(36-30-15)19-4-5-20(26)38-19/h4-5,9,11-12,14,17H,6-8,10H2,1-3H3,(H2,27,33)(H,34,35). The number of nitrogens with two attached hydrogens (primary N) is 1. The van der Waals surface area contributed by atoms with Gasteiger partial charge in [-0.2, -0.15) is 0 Å². The Bertz CT molecular complexity index is 1490. The quantitative estimate of drug-likeness (QED) is 0.303. The first-order chi connectivity index (χ1) is 18.1. The number of imidazole rings is 1. The summed E-state index contributed by atoms with van der Waals surface area (Å²) < 4.78 is 7.79. The minimum atomic E-state index is -1.11. The van der Waals surface area contributed by atoms with E-state index in [9.17, 15) is 14.7 Å². The zero-order chi connectivity index (χ0) is 27.1. The van der Waals surface area contributed by atoms with Crippen molar-refractivity contribution in [2.45, 2.75) is 58.2 Å². The molecule has 3 N–H and O–H groups in total. The van der Waals surface area contributed by atoms with Crippen molar-refractivity contribution in [2.24, 2.45) is 5.73 Å². The van der Waals surface area contributed by atoms with E-state index in [2.05, 4.69) is 15.0 Å². The number of carboxylic acids is 1. The number of hydrogen-bond donors (Lipinski definition) is 2. The van der Waals surface area contributed by atoms with Gasteiger partial charge in [-0.25, -0.2) is 14.8 Å². The second-order valence-corrected chi connectivity index (χ2v) is 12.3. The number of aromatic carboxylic acids is 1. The molecule has 2 atom stereocenters. The number of thiophene rings is 1. The van der Waals surface area contributed by atoms with Crippen molar-refractivity contribution in [2.75, 3.05) is 6.54 Å². The van der Waals surface area contributed by atoms with E-state index in [1.165, 1.54) is 22.7 Å². The van der Waals surface area contributed by atoms with Gasteiger partial charge in [0.25, 0.3) is 0 Å². The zero-order valence-corrected chi connectivity index (χ0v) is 23.4. The summed E-state index contributed by atoms with van der Waals surface area (Å²) >= 11 is 8.89. The van der Waals surface area contributed by atoms with E-state index in [0.29, 0.717) is 52.4 Å². The molecule has 4 aromatic heterocycles. The summed E-state index contributed by atoms with van der Waals surface area (Å²) in [6.07, 6.45) is 1.05. The first-order valence-electron chi connectivity index (χ1n) is 12.1. The summed E-state index contributed by atoms with van der Waals surface area (Å²) in [5.41, 5.74) is 7.37. The largest absolute Gasteiger partial charge is 0.477 e. The second kappa shape index (κ2) is 10.6. The normalized spacial score (nSPS) is 18.3. The molecule has 0 aromatic carbocycles. The number of carbonyl (C=O) groups is 2. The second-order valence-electron chi connectivity index (χ2n) is 9.57. The van der Waals surface area contributed by atoms with Gasteiger partial charge in [0.2, 0.25) is 5.91 Å². The number of nitrogens with zero attached hydrogens (tertiary/aromatic N) is 5. The van der Waals surface area contributed by atoms with Crippen LogP contribution in [0.3, 0.4) is 0 Å². The predicted octanol–water partition coefficient (Wildman–Crippen LogP) is 4.87. The fourth-order valence-corrected chi connectivity index (χ4v) is 6.62. The third-order valence-corrected chi connectivity index (χ3v) is 8.78. The number of amides is 1. The molecule has 0 radical (unpaired) electrons. The number of rotatable bonds is 8. The Kier molecular flexibility index (Phi) is 7.40. The number of primary amides is 1. The predicted molar refractivity (Wildman–Crippen MR) is 146 cm³/mol. The molecular weight excluding hydrogens is 548 g/mol. The van der Waals surface area contributed by atoms with Gasteiger partial charge in [-0.05, 0) is 52.3 Å². The molecule has 5 rings (SSSR count). The van der Waals surface area contributed by atoms with E-state index < -0.39 is 17.9 Å². The van der Waals surface area contributed by atoms with Crippen molar-refractivity contribution in [1.82, 2.24) is 24.6 Å². The molecule has 1 fully saturated rings. The van der Waals surface area contributed by atoms with Gasteiger partial charge < -0.3 is 19.9 Å². The zero-order valence-electron chi connectivity index (χ0n) is 21.0. The summed E-state index contributed by atoms with van der Waals surface area (Å²) in [4.78, 5) is 37.3. The Morgan fingerprint density at radius 1 is 1.32 bits per heavy atom. The van der Waals surface area contributed by atoms with Crippen molar-refractivity contribution >= 4 is 46.2 Å². The number of aromatic nitrogens is 4. The van der Waals surface area contributed by atoms with Crippen LogP contribution in [0.25, 0.3) is 22.2 Å². The van der Waals surface area contributed by atoms with Crippen LogP contribution in [0.1, 0.15) is 59.5 Å². The molecule has 1 amide bonds. The van der Waals surface area contributed by atoms with E-state index >= 15 is 0 Å². The Morgan fingerprint density at radius 2 is 2.11 bits per heavy atom. The van der Waals surface area contributed by atoms with Crippen molar-refractivity contribution in [3.05, 3.63) is 50.0 Å². The van der Waals surface area contributed by atoms with Gasteiger partial charge in [-0.3, -0.25) is 9.69 Å². The first kappa shape index (κ1) is 26.5. The molecule has 1 saturated heterocycles. The lowest BCUT2D eigenvalue weighted by Crippen LogP contribution is -2.52. The van der Waals surface area contributed by atoms with E-state index in [1.807, 2.05) is 32.2 Å². The van der Waals surface area contributed by atoms with Gasteiger partial charge in [0.15, 0.2) is 17.3 Å². The lowest BCUT2D eigenvalue weighted by Gasteiger charge is -2.39. The lowest BCUT2D eigenvalue weighted by atomic mass is 9.86. The fraction of sp³-hybridized carbons (Fsp3) is 0.400. The number of piperidine rings is 1. The first-order valence-corrected chi connectivity index (χ1v) is 14.2. The van der Waals surface area contributed by atoms with Crippen LogP contribution in [0.2, 0.25) is 4.34 Å². The summed E-state index contributed by atoms with van der Waals surface area (Å²) in [7, 11) is 0. The maximum atomic E-state index is 12.7. The molecule has 4 aromatic rings. The molecule has 5 heterocycles. The number of carbonyl (C=O) groups excluding carboxylic acids is 1. The number of hydrogen-bond acceptors (Lipinski definition) is 9. The van der Waals surface area contributed by atoms with E-state index in [-0.39, 0.29) is 24.2 Å². The summed E-state index contributed by atoms with van der Waals surface area (Å²) in [5.74, 6) is -0.799. The summed E-state index contributed by atoms with van der Waals surface area (Å²) in [6.45, 7) is 6.66. The highest BCUT2D eigenvalue weighted by atomic mass is 35.5. The minimum absolute atomic E-state index is 0.0561. The van der Waals surface area contributed by atoms with E-state index in [4.69, 9.17) is 26.8 Å². The van der Waals surface area contributed by atoms with Gasteiger partial charge in [0.05, 0.1) is 32.5 Å². The SMILES string of the molecule is Cc1nc(-c2nc(C3CCN(C(C)C)C(C(N)=O)C3)c(C(=O)O)n2Cc2cc(-c3ccc(Cl)s3)on2)cs1. The Morgan fingerprint density at radius 3 is 2.71 bits per heavy atom. The lowest BCUT2D eigenvalue weighted by molar-refractivity contribution is -0.125. The smallest absolute Gasteiger partial charge is 0.354 e. The molecule has 1 aliphatic rings. The highest BCUT2D eigenvalue weighted by Gasteiger charge is 2.38. The fourth-order valence-electron chi connectivity index (χ4n) is 5.04. The van der Waals surface area contributed by atoms with Gasteiger partial charge >= 0.3 is 5.97 Å². The van der Waals surface area contributed by atoms with Gasteiger partial charge in [0, 0.05) is 23.4 Å². The van der Waals surface area contributed by atoms with Crippen LogP contribution in [0, 0.1) is 6.92 Å². The Labute approximate surface area is 232 Å². The topological polar surface area (TPSA) is 140 Å². The summed E-state index contributed by atoms with van der Waals surface area (Å²) in [6, 6.07) is 5.03. The van der Waals surface area contributed by atoms with Gasteiger partial charge in [-0.1, -0.05) is 16.8 Å².